The van der Waals surface area contributed by atoms with Crippen LogP contribution in [0.3, 0.4) is 0 Å². The Balaban J connectivity index is 1.79. The molecule has 3 aromatic rings. The van der Waals surface area contributed by atoms with Gasteiger partial charge in [-0.15, -0.1) is 6.58 Å². The van der Waals surface area contributed by atoms with Crippen LogP contribution in [-0.2, 0) is 19.3 Å². The third-order valence-electron chi connectivity index (χ3n) is 4.99. The highest BCUT2D eigenvalue weighted by molar-refractivity contribution is 5.90. The predicted molar refractivity (Wildman–Crippen MR) is 116 cm³/mol. The number of aryl methyl sites for hydroxylation is 1. The SMILES string of the molecule is C=CCN(Cc1cccn1Cc1ccccc1C)C(=O)Nc1ccccc1C(F)(F)F. The lowest BCUT2D eigenvalue weighted by molar-refractivity contribution is -0.136. The molecule has 162 valence electrons. The number of nitrogens with zero attached hydrogens (tertiary/aromatic N) is 2. The number of nitrogens with one attached hydrogen (secondary N) is 1. The lowest BCUT2D eigenvalue weighted by atomic mass is 10.1. The van der Waals surface area contributed by atoms with E-state index in [4.69, 9.17) is 0 Å². The van der Waals surface area contributed by atoms with Crippen LogP contribution in [0.1, 0.15) is 22.4 Å². The Kier molecular flexibility index (Phi) is 6.84. The molecule has 7 heteroatoms. The molecule has 0 aliphatic carbocycles. The topological polar surface area (TPSA) is 37.3 Å². The third kappa shape index (κ3) is 5.57. The van der Waals surface area contributed by atoms with Gasteiger partial charge < -0.3 is 14.8 Å². The van der Waals surface area contributed by atoms with Gasteiger partial charge in [-0.1, -0.05) is 42.5 Å². The summed E-state index contributed by atoms with van der Waals surface area (Å²) < 4.78 is 41.8. The van der Waals surface area contributed by atoms with E-state index in [1.165, 1.54) is 23.1 Å². The van der Waals surface area contributed by atoms with Gasteiger partial charge in [0.2, 0.25) is 0 Å². The summed E-state index contributed by atoms with van der Waals surface area (Å²) in [7, 11) is 0. The number of urea groups is 1. The molecule has 0 saturated carbocycles. The quantitative estimate of drug-likeness (QED) is 0.456. The number of alkyl halides is 3. The molecular weight excluding hydrogens is 403 g/mol. The van der Waals surface area contributed by atoms with Gasteiger partial charge in [0.25, 0.3) is 0 Å². The van der Waals surface area contributed by atoms with Gasteiger partial charge in [0, 0.05) is 25.0 Å². The van der Waals surface area contributed by atoms with Crippen LogP contribution in [0.4, 0.5) is 23.7 Å². The van der Waals surface area contributed by atoms with Crippen molar-refractivity contribution in [2.75, 3.05) is 11.9 Å². The molecule has 0 fully saturated rings. The molecule has 0 atom stereocenters. The number of para-hydroxylation sites is 1. The first-order valence-corrected chi connectivity index (χ1v) is 9.81. The smallest absolute Gasteiger partial charge is 0.345 e. The average molecular weight is 427 g/mol. The first-order valence-electron chi connectivity index (χ1n) is 9.81. The summed E-state index contributed by atoms with van der Waals surface area (Å²) in [6.07, 6.45) is -1.09. The summed E-state index contributed by atoms with van der Waals surface area (Å²) in [4.78, 5) is 14.2. The van der Waals surface area contributed by atoms with E-state index in [9.17, 15) is 18.0 Å². The van der Waals surface area contributed by atoms with Crippen LogP contribution >= 0.6 is 0 Å². The highest BCUT2D eigenvalue weighted by atomic mass is 19.4. The summed E-state index contributed by atoms with van der Waals surface area (Å²) >= 11 is 0. The van der Waals surface area contributed by atoms with Gasteiger partial charge in [-0.05, 0) is 42.3 Å². The van der Waals surface area contributed by atoms with Crippen molar-refractivity contribution in [3.8, 4) is 0 Å². The second-order valence-electron chi connectivity index (χ2n) is 7.20. The Bertz CT molecular complexity index is 1060. The first kappa shape index (κ1) is 22.2. The van der Waals surface area contributed by atoms with Crippen molar-refractivity contribution in [1.29, 1.82) is 0 Å². The van der Waals surface area contributed by atoms with E-state index in [1.807, 2.05) is 54.1 Å². The molecule has 0 aliphatic rings. The van der Waals surface area contributed by atoms with Gasteiger partial charge in [-0.3, -0.25) is 0 Å². The number of carbonyl (C=O) groups is 1. The van der Waals surface area contributed by atoms with E-state index in [-0.39, 0.29) is 18.8 Å². The zero-order valence-electron chi connectivity index (χ0n) is 17.2. The normalized spacial score (nSPS) is 11.2. The monoisotopic (exact) mass is 427 g/mol. The van der Waals surface area contributed by atoms with Crippen LogP contribution in [0.5, 0.6) is 0 Å². The van der Waals surface area contributed by atoms with Crippen molar-refractivity contribution in [3.05, 3.63) is 102 Å². The minimum atomic E-state index is -4.56. The molecule has 0 bridgehead atoms. The fourth-order valence-corrected chi connectivity index (χ4v) is 3.32. The second kappa shape index (κ2) is 9.55. The van der Waals surface area contributed by atoms with Crippen molar-refractivity contribution in [3.63, 3.8) is 0 Å². The molecule has 0 spiro atoms. The molecule has 0 saturated heterocycles. The van der Waals surface area contributed by atoms with Gasteiger partial charge >= 0.3 is 12.2 Å². The summed E-state index contributed by atoms with van der Waals surface area (Å²) in [5.41, 5.74) is 2.02. The Labute approximate surface area is 179 Å². The molecule has 1 heterocycles. The van der Waals surface area contributed by atoms with Gasteiger partial charge in [0.1, 0.15) is 0 Å². The number of carbonyl (C=O) groups excluding carboxylic acids is 1. The first-order chi connectivity index (χ1) is 14.8. The molecule has 1 aromatic heterocycles. The Hall–Kier alpha value is -3.48. The third-order valence-corrected chi connectivity index (χ3v) is 4.99. The van der Waals surface area contributed by atoms with Crippen molar-refractivity contribution >= 4 is 11.7 Å². The molecule has 3 rings (SSSR count). The van der Waals surface area contributed by atoms with Crippen LogP contribution < -0.4 is 5.32 Å². The van der Waals surface area contributed by atoms with Crippen molar-refractivity contribution in [2.24, 2.45) is 0 Å². The van der Waals surface area contributed by atoms with Crippen molar-refractivity contribution in [1.82, 2.24) is 9.47 Å². The summed E-state index contributed by atoms with van der Waals surface area (Å²) in [5.74, 6) is 0. The van der Waals surface area contributed by atoms with Gasteiger partial charge in [-0.25, -0.2) is 4.79 Å². The number of rotatable bonds is 7. The molecule has 0 unspecified atom stereocenters. The number of aromatic nitrogens is 1. The minimum Gasteiger partial charge on any atom is -0.345 e. The summed E-state index contributed by atoms with van der Waals surface area (Å²) in [5, 5.41) is 2.40. The molecule has 4 nitrogen and oxygen atoms in total. The number of amides is 2. The molecule has 1 N–H and O–H groups in total. The van der Waals surface area contributed by atoms with E-state index in [1.54, 1.807) is 6.08 Å². The highest BCUT2D eigenvalue weighted by Crippen LogP contribution is 2.34. The molecule has 31 heavy (non-hydrogen) atoms. The van der Waals surface area contributed by atoms with E-state index in [0.29, 0.717) is 6.54 Å². The molecule has 2 amide bonds. The summed E-state index contributed by atoms with van der Waals surface area (Å²) in [6.45, 7) is 6.76. The summed E-state index contributed by atoms with van der Waals surface area (Å²) in [6, 6.07) is 16.1. The number of anilines is 1. The number of hydrogen-bond acceptors (Lipinski definition) is 1. The van der Waals surface area contributed by atoms with Crippen LogP contribution in [0.15, 0.2) is 79.5 Å². The lowest BCUT2D eigenvalue weighted by Gasteiger charge is -2.24. The van der Waals surface area contributed by atoms with Crippen LogP contribution in [-0.4, -0.2) is 22.0 Å². The number of hydrogen-bond donors (Lipinski definition) is 1. The Morgan fingerprint density at radius 2 is 1.81 bits per heavy atom. The second-order valence-corrected chi connectivity index (χ2v) is 7.20. The maximum absolute atomic E-state index is 13.3. The van der Waals surface area contributed by atoms with Crippen LogP contribution in [0.2, 0.25) is 0 Å². The molecule has 0 radical (unpaired) electrons. The maximum atomic E-state index is 13.3. The predicted octanol–water partition coefficient (Wildman–Crippen LogP) is 6.08. The van der Waals surface area contributed by atoms with E-state index >= 15 is 0 Å². The van der Waals surface area contributed by atoms with E-state index in [2.05, 4.69) is 11.9 Å². The van der Waals surface area contributed by atoms with Gasteiger partial charge in [0.15, 0.2) is 0 Å². The highest BCUT2D eigenvalue weighted by Gasteiger charge is 2.33. The molecule has 0 aliphatic heterocycles. The number of benzene rings is 2. The van der Waals surface area contributed by atoms with Gasteiger partial charge in [0.05, 0.1) is 17.8 Å². The van der Waals surface area contributed by atoms with Crippen LogP contribution in [0.25, 0.3) is 0 Å². The van der Waals surface area contributed by atoms with E-state index < -0.39 is 17.8 Å². The van der Waals surface area contributed by atoms with Crippen molar-refractivity contribution < 1.29 is 18.0 Å². The standard InChI is InChI=1S/C24H24F3N3O/c1-3-14-30(23(31)28-22-13-7-6-12-21(22)24(25,26)27)17-20-11-8-15-29(20)16-19-10-5-4-9-18(19)2/h3-13,15H,1,14,16-17H2,2H3,(H,28,31). The minimum absolute atomic E-state index is 0.190. The largest absolute Gasteiger partial charge is 0.418 e. The van der Waals surface area contributed by atoms with E-state index in [0.717, 1.165) is 22.9 Å². The zero-order valence-corrected chi connectivity index (χ0v) is 17.2. The Morgan fingerprint density at radius 3 is 2.52 bits per heavy atom. The van der Waals surface area contributed by atoms with Crippen molar-refractivity contribution in [2.45, 2.75) is 26.2 Å². The maximum Gasteiger partial charge on any atom is 0.418 e. The lowest BCUT2D eigenvalue weighted by Crippen LogP contribution is -2.35. The fourth-order valence-electron chi connectivity index (χ4n) is 3.32. The zero-order chi connectivity index (χ0) is 22.4. The van der Waals surface area contributed by atoms with Gasteiger partial charge in [-0.2, -0.15) is 13.2 Å². The fraction of sp³-hybridized carbons (Fsp3) is 0.208. The average Bonchev–Trinajstić information content (AvgIpc) is 3.15. The Morgan fingerprint density at radius 1 is 1.10 bits per heavy atom. The molecular formula is C24H24F3N3O. The van der Waals surface area contributed by atoms with Crippen LogP contribution in [0, 0.1) is 6.92 Å². The number of halogens is 3. The molecule has 2 aromatic carbocycles.